The van der Waals surface area contributed by atoms with Gasteiger partial charge in [0.05, 0.1) is 22.4 Å². The molecule has 8 heteroatoms. The molecule has 2 aliphatic heterocycles. The first-order valence-corrected chi connectivity index (χ1v) is 13.3. The minimum atomic E-state index is -0.253. The first-order valence-electron chi connectivity index (χ1n) is 12.9. The number of hydrogen-bond donors (Lipinski definition) is 2. The number of benzene rings is 3. The van der Waals surface area contributed by atoms with E-state index in [9.17, 15) is 4.79 Å². The van der Waals surface area contributed by atoms with Gasteiger partial charge < -0.3 is 20.1 Å². The number of aromatic nitrogens is 1. The summed E-state index contributed by atoms with van der Waals surface area (Å²) >= 11 is 6.73. The molecule has 2 N–H and O–H groups in total. The maximum atomic E-state index is 12.7. The Labute approximate surface area is 227 Å². The van der Waals surface area contributed by atoms with Gasteiger partial charge in [-0.25, -0.2) is 0 Å². The van der Waals surface area contributed by atoms with Gasteiger partial charge in [-0.2, -0.15) is 0 Å². The molecule has 1 aromatic heterocycles. The van der Waals surface area contributed by atoms with Crippen LogP contribution in [0.15, 0.2) is 71.3 Å². The van der Waals surface area contributed by atoms with Crippen LogP contribution >= 0.6 is 11.6 Å². The molecular weight excluding hydrogens is 498 g/mol. The second-order valence-corrected chi connectivity index (χ2v) is 10.3. The second-order valence-electron chi connectivity index (χ2n) is 9.88. The van der Waals surface area contributed by atoms with Gasteiger partial charge in [-0.1, -0.05) is 59.2 Å². The third kappa shape index (κ3) is 4.52. The van der Waals surface area contributed by atoms with Crippen molar-refractivity contribution in [2.24, 2.45) is 0 Å². The minimum absolute atomic E-state index is 0.205. The van der Waals surface area contributed by atoms with Crippen LogP contribution in [0.2, 0.25) is 5.02 Å². The molecule has 0 spiro atoms. The van der Waals surface area contributed by atoms with Crippen LogP contribution in [0.5, 0.6) is 0 Å². The Morgan fingerprint density at radius 2 is 1.74 bits per heavy atom. The van der Waals surface area contributed by atoms with Gasteiger partial charge in [0.15, 0.2) is 0 Å². The fraction of sp³-hybridized carbons (Fsp3) is 0.267. The number of fused-ring (bicyclic) bond motifs is 2. The molecular formula is C30H30ClN5O2. The number of carbonyl (C=O) groups is 1. The summed E-state index contributed by atoms with van der Waals surface area (Å²) in [6, 6.07) is 23.3. The topological polar surface area (TPSA) is 73.6 Å². The Balaban J connectivity index is 1.18. The molecule has 1 amide bonds. The summed E-state index contributed by atoms with van der Waals surface area (Å²) in [5, 5.41) is 11.0. The summed E-state index contributed by atoms with van der Waals surface area (Å²) < 4.78 is 5.12. The summed E-state index contributed by atoms with van der Waals surface area (Å²) in [4.78, 5) is 17.6. The van der Waals surface area contributed by atoms with Crippen molar-refractivity contribution < 1.29 is 9.32 Å². The number of nitrogens with one attached hydrogen (secondary N) is 2. The lowest BCUT2D eigenvalue weighted by Gasteiger charge is -2.41. The van der Waals surface area contributed by atoms with Gasteiger partial charge >= 0.3 is 0 Å². The van der Waals surface area contributed by atoms with Gasteiger partial charge in [0.2, 0.25) is 0 Å². The zero-order chi connectivity index (χ0) is 26.2. The Morgan fingerprint density at radius 1 is 1.00 bits per heavy atom. The predicted octanol–water partition coefficient (Wildman–Crippen LogP) is 6.03. The molecule has 0 bridgehead atoms. The van der Waals surface area contributed by atoms with E-state index < -0.39 is 0 Å². The van der Waals surface area contributed by atoms with Crippen molar-refractivity contribution in [3.63, 3.8) is 0 Å². The highest BCUT2D eigenvalue weighted by atomic mass is 35.5. The van der Waals surface area contributed by atoms with Crippen LogP contribution in [0, 0.1) is 13.8 Å². The summed E-state index contributed by atoms with van der Waals surface area (Å²) in [5.41, 5.74) is 7.87. The van der Waals surface area contributed by atoms with Gasteiger partial charge in [0.25, 0.3) is 5.91 Å². The maximum absolute atomic E-state index is 12.7. The number of carbonyl (C=O) groups excluding carboxylic acids is 1. The molecule has 0 aliphatic carbocycles. The highest BCUT2D eigenvalue weighted by molar-refractivity contribution is 6.33. The minimum Gasteiger partial charge on any atom is -0.381 e. The number of rotatable bonds is 4. The molecule has 0 radical (unpaired) electrons. The van der Waals surface area contributed by atoms with E-state index in [1.165, 1.54) is 22.4 Å². The second kappa shape index (κ2) is 10.2. The van der Waals surface area contributed by atoms with E-state index in [4.69, 9.17) is 16.1 Å². The van der Waals surface area contributed by atoms with Crippen molar-refractivity contribution in [2.45, 2.75) is 26.4 Å². The van der Waals surface area contributed by atoms with E-state index in [0.717, 1.165) is 38.4 Å². The van der Waals surface area contributed by atoms with E-state index in [0.29, 0.717) is 27.7 Å². The van der Waals surface area contributed by atoms with Crippen molar-refractivity contribution in [2.75, 3.05) is 41.7 Å². The van der Waals surface area contributed by atoms with Gasteiger partial charge in [0, 0.05) is 44.1 Å². The molecule has 1 unspecified atom stereocenters. The van der Waals surface area contributed by atoms with E-state index in [1.807, 2.05) is 18.2 Å². The zero-order valence-corrected chi connectivity index (χ0v) is 22.3. The molecule has 1 saturated heterocycles. The van der Waals surface area contributed by atoms with Crippen molar-refractivity contribution in [1.82, 2.24) is 10.1 Å². The van der Waals surface area contributed by atoms with Gasteiger partial charge in [0.1, 0.15) is 11.3 Å². The Hall–Kier alpha value is -3.81. The summed E-state index contributed by atoms with van der Waals surface area (Å²) in [7, 11) is 0. The normalized spacial score (nSPS) is 17.2. The molecule has 7 nitrogen and oxygen atoms in total. The lowest BCUT2D eigenvalue weighted by Crippen LogP contribution is -2.48. The van der Waals surface area contributed by atoms with Crippen LogP contribution in [-0.4, -0.2) is 42.1 Å². The molecule has 1 atom stereocenters. The monoisotopic (exact) mass is 527 g/mol. The number of halogens is 1. The molecule has 0 saturated carbocycles. The number of aryl methyl sites for hydroxylation is 2. The van der Waals surface area contributed by atoms with Gasteiger partial charge in [-0.3, -0.25) is 9.69 Å². The number of amides is 1. The van der Waals surface area contributed by atoms with Crippen LogP contribution in [0.25, 0.3) is 0 Å². The molecule has 38 heavy (non-hydrogen) atoms. The number of anilines is 3. The first-order chi connectivity index (χ1) is 18.5. The molecule has 6 rings (SSSR count). The van der Waals surface area contributed by atoms with Gasteiger partial charge in [-0.05, 0) is 54.8 Å². The first kappa shape index (κ1) is 24.5. The highest BCUT2D eigenvalue weighted by Crippen LogP contribution is 2.39. The van der Waals surface area contributed by atoms with E-state index in [1.54, 1.807) is 13.8 Å². The largest absolute Gasteiger partial charge is 0.381 e. The lowest BCUT2D eigenvalue weighted by molar-refractivity contribution is 0.102. The standard InChI is InChI=1S/C30H30ClN5O2/c1-19-28(20(2)38-34-19)30(37)33-22-11-12-27(25(31)17-22)35-13-15-36(16-14-35)29-23-8-4-3-7-21(23)18-32-26-10-6-5-9-24(26)29/h3-12,17,29,32H,13-16,18H2,1-2H3,(H,33,37). The number of piperazine rings is 1. The van der Waals surface area contributed by atoms with E-state index in [-0.39, 0.29) is 11.9 Å². The zero-order valence-electron chi connectivity index (χ0n) is 21.5. The fourth-order valence-electron chi connectivity index (χ4n) is 5.67. The number of para-hydroxylation sites is 1. The van der Waals surface area contributed by atoms with Crippen molar-refractivity contribution in [3.8, 4) is 0 Å². The Bertz CT molecular complexity index is 1420. The van der Waals surface area contributed by atoms with Crippen LogP contribution < -0.4 is 15.5 Å². The van der Waals surface area contributed by atoms with Crippen molar-refractivity contribution in [3.05, 3.63) is 105 Å². The average Bonchev–Trinajstić information content (AvgIpc) is 3.17. The summed E-state index contributed by atoms with van der Waals surface area (Å²) in [5.74, 6) is 0.243. The average molecular weight is 528 g/mol. The molecule has 4 aromatic rings. The van der Waals surface area contributed by atoms with Crippen LogP contribution in [0.4, 0.5) is 17.1 Å². The molecule has 1 fully saturated rings. The molecule has 2 aliphatic rings. The van der Waals surface area contributed by atoms with E-state index >= 15 is 0 Å². The van der Waals surface area contributed by atoms with Crippen LogP contribution in [0.3, 0.4) is 0 Å². The van der Waals surface area contributed by atoms with E-state index in [2.05, 4.69) is 74.1 Å². The highest BCUT2D eigenvalue weighted by Gasteiger charge is 2.31. The van der Waals surface area contributed by atoms with Crippen LogP contribution in [0.1, 0.15) is 44.5 Å². The molecule has 3 heterocycles. The third-order valence-electron chi connectivity index (χ3n) is 7.56. The lowest BCUT2D eigenvalue weighted by atomic mass is 9.93. The Morgan fingerprint density at radius 3 is 2.47 bits per heavy atom. The third-order valence-corrected chi connectivity index (χ3v) is 7.86. The number of nitrogens with zero attached hydrogens (tertiary/aromatic N) is 3. The summed E-state index contributed by atoms with van der Waals surface area (Å²) in [6.07, 6.45) is 0. The van der Waals surface area contributed by atoms with Crippen LogP contribution in [-0.2, 0) is 6.54 Å². The SMILES string of the molecule is Cc1noc(C)c1C(=O)Nc1ccc(N2CCN(C3c4ccccc4CNc4ccccc43)CC2)c(Cl)c1. The summed E-state index contributed by atoms with van der Waals surface area (Å²) in [6.45, 7) is 7.86. The quantitative estimate of drug-likeness (QED) is 0.337. The maximum Gasteiger partial charge on any atom is 0.261 e. The van der Waals surface area contributed by atoms with Crippen molar-refractivity contribution in [1.29, 1.82) is 0 Å². The predicted molar refractivity (Wildman–Crippen MR) is 151 cm³/mol. The smallest absolute Gasteiger partial charge is 0.261 e. The number of hydrogen-bond acceptors (Lipinski definition) is 6. The van der Waals surface area contributed by atoms with Crippen molar-refractivity contribution >= 4 is 34.6 Å². The molecule has 3 aromatic carbocycles. The fourth-order valence-corrected chi connectivity index (χ4v) is 5.97. The van der Waals surface area contributed by atoms with Gasteiger partial charge in [-0.15, -0.1) is 0 Å². The molecule has 194 valence electrons. The Kier molecular flexibility index (Phi) is 6.55.